The van der Waals surface area contributed by atoms with Crippen molar-refractivity contribution >= 4 is 33.4 Å². The highest BCUT2D eigenvalue weighted by Crippen LogP contribution is 2.42. The van der Waals surface area contributed by atoms with Crippen molar-refractivity contribution < 1.29 is 19.4 Å². The number of carbonyl (C=O) groups is 2. The molecule has 1 N–H and O–H groups in total. The molecule has 4 heterocycles. The van der Waals surface area contributed by atoms with Crippen molar-refractivity contribution in [3.8, 4) is 0 Å². The Balaban J connectivity index is 1.56. The molecule has 0 saturated carbocycles. The van der Waals surface area contributed by atoms with Crippen molar-refractivity contribution in [2.75, 3.05) is 26.3 Å². The van der Waals surface area contributed by atoms with E-state index in [0.717, 1.165) is 0 Å². The molecule has 0 aliphatic carbocycles. The van der Waals surface area contributed by atoms with E-state index in [1.807, 2.05) is 0 Å². The second-order valence-corrected chi connectivity index (χ2v) is 7.47. The average molecular weight is 363 g/mol. The normalized spacial score (nSPS) is 25.9. The molecule has 2 saturated heterocycles. The molecule has 2 atom stereocenters. The topological polar surface area (TPSA) is 102 Å². The predicted molar refractivity (Wildman–Crippen MR) is 89.5 cm³/mol. The highest BCUT2D eigenvalue weighted by atomic mass is 32.1. The molecule has 4 rings (SSSR count). The number of aromatic nitrogens is 2. The van der Waals surface area contributed by atoms with Crippen LogP contribution in [0.2, 0.25) is 0 Å². The van der Waals surface area contributed by atoms with Crippen molar-refractivity contribution in [2.45, 2.75) is 13.0 Å². The fourth-order valence-electron chi connectivity index (χ4n) is 3.74. The second kappa shape index (κ2) is 5.92. The minimum Gasteiger partial charge on any atom is -0.481 e. The van der Waals surface area contributed by atoms with Gasteiger partial charge in [-0.3, -0.25) is 19.0 Å². The van der Waals surface area contributed by atoms with Gasteiger partial charge in [0.25, 0.3) is 5.56 Å². The van der Waals surface area contributed by atoms with E-state index in [4.69, 9.17) is 4.74 Å². The molecule has 2 aromatic rings. The predicted octanol–water partition coefficient (Wildman–Crippen LogP) is 0.408. The fraction of sp³-hybridized carbons (Fsp3) is 0.500. The number of hydrogen-bond donors (Lipinski definition) is 1. The number of amides is 1. The lowest BCUT2D eigenvalue weighted by Gasteiger charge is -2.33. The van der Waals surface area contributed by atoms with Gasteiger partial charge in [-0.25, -0.2) is 4.98 Å². The summed E-state index contributed by atoms with van der Waals surface area (Å²) in [7, 11) is 0. The van der Waals surface area contributed by atoms with Crippen molar-refractivity contribution in [1.29, 1.82) is 0 Å². The second-order valence-electron chi connectivity index (χ2n) is 6.57. The number of thiophene rings is 1. The van der Waals surface area contributed by atoms with E-state index in [1.165, 1.54) is 27.1 Å². The number of carboxylic acid groups (broad SMARTS) is 1. The average Bonchev–Trinajstić information content (AvgIpc) is 3.22. The Morgan fingerprint density at radius 3 is 3.08 bits per heavy atom. The zero-order chi connectivity index (χ0) is 17.6. The van der Waals surface area contributed by atoms with E-state index in [0.29, 0.717) is 36.4 Å². The first-order valence-electron chi connectivity index (χ1n) is 8.03. The third kappa shape index (κ3) is 2.54. The molecule has 2 aliphatic heterocycles. The van der Waals surface area contributed by atoms with Crippen LogP contribution in [0.3, 0.4) is 0 Å². The molecule has 2 fully saturated rings. The highest BCUT2D eigenvalue weighted by molar-refractivity contribution is 7.16. The molecule has 132 valence electrons. The number of nitrogens with zero attached hydrogens (tertiary/aromatic N) is 3. The van der Waals surface area contributed by atoms with Crippen molar-refractivity contribution in [1.82, 2.24) is 14.5 Å². The van der Waals surface area contributed by atoms with Gasteiger partial charge in [-0.15, -0.1) is 11.3 Å². The van der Waals surface area contributed by atoms with E-state index in [2.05, 4.69) is 4.98 Å². The Bertz CT molecular complexity index is 907. The summed E-state index contributed by atoms with van der Waals surface area (Å²) in [5, 5.41) is 11.9. The van der Waals surface area contributed by atoms with Gasteiger partial charge < -0.3 is 14.7 Å². The van der Waals surface area contributed by atoms with Crippen LogP contribution >= 0.6 is 11.3 Å². The van der Waals surface area contributed by atoms with Crippen LogP contribution in [-0.4, -0.2) is 57.7 Å². The van der Waals surface area contributed by atoms with Gasteiger partial charge in [0.05, 0.1) is 23.7 Å². The fourth-order valence-corrected chi connectivity index (χ4v) is 4.46. The molecule has 0 unspecified atom stereocenters. The lowest BCUT2D eigenvalue weighted by molar-refractivity contribution is -0.157. The van der Waals surface area contributed by atoms with Gasteiger partial charge in [0.2, 0.25) is 5.91 Å². The van der Waals surface area contributed by atoms with E-state index < -0.39 is 11.4 Å². The Morgan fingerprint density at radius 1 is 1.48 bits per heavy atom. The molecule has 0 spiro atoms. The summed E-state index contributed by atoms with van der Waals surface area (Å²) in [5.74, 6) is -1.36. The van der Waals surface area contributed by atoms with Crippen LogP contribution in [0.4, 0.5) is 0 Å². The molecule has 0 radical (unpaired) electrons. The molecule has 0 aromatic carbocycles. The number of rotatable bonds is 3. The maximum Gasteiger partial charge on any atom is 0.311 e. The Kier molecular flexibility index (Phi) is 3.84. The molecular formula is C16H17N3O5S. The number of ether oxygens (including phenoxy) is 1. The van der Waals surface area contributed by atoms with Crippen LogP contribution in [0.25, 0.3) is 10.2 Å². The van der Waals surface area contributed by atoms with Crippen LogP contribution in [0.1, 0.15) is 6.42 Å². The summed E-state index contributed by atoms with van der Waals surface area (Å²) in [6.07, 6.45) is 1.78. The van der Waals surface area contributed by atoms with E-state index in [1.54, 1.807) is 11.4 Å². The number of carboxylic acids is 1. The van der Waals surface area contributed by atoms with Gasteiger partial charge in [0.15, 0.2) is 0 Å². The first kappa shape index (κ1) is 16.2. The van der Waals surface area contributed by atoms with Crippen molar-refractivity contribution in [3.63, 3.8) is 0 Å². The number of aliphatic carboxylic acids is 1. The molecule has 2 aromatic heterocycles. The molecule has 0 bridgehead atoms. The smallest absolute Gasteiger partial charge is 0.311 e. The Hall–Kier alpha value is -2.26. The van der Waals surface area contributed by atoms with Gasteiger partial charge in [-0.2, -0.15) is 0 Å². The largest absolute Gasteiger partial charge is 0.481 e. The monoisotopic (exact) mass is 363 g/mol. The standard InChI is InChI=1S/C16H17N3O5S/c20-12(6-19-9-17-13-11(14(19)21)1-4-25-13)18-5-10-7-24-3-2-16(10,8-18)15(22)23/h1,4,9-10H,2-3,5-8H2,(H,22,23)/t10-,16+/m0/s1. The number of likely N-dealkylation sites (tertiary alicyclic amines) is 1. The zero-order valence-corrected chi connectivity index (χ0v) is 14.2. The van der Waals surface area contributed by atoms with Gasteiger partial charge in [0, 0.05) is 25.6 Å². The lowest BCUT2D eigenvalue weighted by Crippen LogP contribution is -2.45. The molecule has 1 amide bonds. The lowest BCUT2D eigenvalue weighted by atomic mass is 9.74. The molecule has 8 nitrogen and oxygen atoms in total. The van der Waals surface area contributed by atoms with Crippen LogP contribution in [0, 0.1) is 11.3 Å². The molecular weight excluding hydrogens is 346 g/mol. The van der Waals surface area contributed by atoms with Crippen LogP contribution in [-0.2, 0) is 20.9 Å². The van der Waals surface area contributed by atoms with E-state index in [-0.39, 0.29) is 30.5 Å². The maximum absolute atomic E-state index is 12.7. The van der Waals surface area contributed by atoms with Crippen LogP contribution < -0.4 is 5.56 Å². The molecule has 2 aliphatic rings. The molecule has 9 heteroatoms. The van der Waals surface area contributed by atoms with Crippen molar-refractivity contribution in [3.05, 3.63) is 28.1 Å². The van der Waals surface area contributed by atoms with E-state index in [9.17, 15) is 19.5 Å². The summed E-state index contributed by atoms with van der Waals surface area (Å²) < 4.78 is 6.68. The van der Waals surface area contributed by atoms with Gasteiger partial charge >= 0.3 is 5.97 Å². The Morgan fingerprint density at radius 2 is 2.32 bits per heavy atom. The van der Waals surface area contributed by atoms with Crippen molar-refractivity contribution in [2.24, 2.45) is 11.3 Å². The Labute approximate surface area is 146 Å². The maximum atomic E-state index is 12.7. The summed E-state index contributed by atoms with van der Waals surface area (Å²) in [6.45, 7) is 1.11. The summed E-state index contributed by atoms with van der Waals surface area (Å²) >= 11 is 1.37. The third-order valence-corrected chi connectivity index (χ3v) is 6.06. The third-order valence-electron chi connectivity index (χ3n) is 5.24. The minimum atomic E-state index is -0.936. The molecule has 25 heavy (non-hydrogen) atoms. The SMILES string of the molecule is O=C(Cn1cnc2sccc2c1=O)N1C[C@H]2COCC[C@@]2(C(=O)O)C1. The van der Waals surface area contributed by atoms with Gasteiger partial charge in [-0.1, -0.05) is 0 Å². The summed E-state index contributed by atoms with van der Waals surface area (Å²) in [4.78, 5) is 43.2. The first-order chi connectivity index (χ1) is 12.0. The first-order valence-corrected chi connectivity index (χ1v) is 8.91. The summed E-state index contributed by atoms with van der Waals surface area (Å²) in [5.41, 5.74) is -1.19. The van der Waals surface area contributed by atoms with Gasteiger partial charge in [-0.05, 0) is 17.9 Å². The van der Waals surface area contributed by atoms with Crippen LogP contribution in [0.5, 0.6) is 0 Å². The minimum absolute atomic E-state index is 0.138. The highest BCUT2D eigenvalue weighted by Gasteiger charge is 2.54. The summed E-state index contributed by atoms with van der Waals surface area (Å²) in [6, 6.07) is 1.69. The quantitative estimate of drug-likeness (QED) is 0.847. The number of fused-ring (bicyclic) bond motifs is 2. The number of hydrogen-bond acceptors (Lipinski definition) is 6. The number of carbonyl (C=O) groups excluding carboxylic acids is 1. The zero-order valence-electron chi connectivity index (χ0n) is 13.4. The van der Waals surface area contributed by atoms with E-state index >= 15 is 0 Å². The van der Waals surface area contributed by atoms with Crippen LogP contribution in [0.15, 0.2) is 22.6 Å². The van der Waals surface area contributed by atoms with Gasteiger partial charge in [0.1, 0.15) is 11.4 Å².